The molecule has 0 N–H and O–H groups in total. The Kier molecular flexibility index (Phi) is 6.54. The minimum atomic E-state index is 0.0458. The number of aromatic nitrogens is 4. The summed E-state index contributed by atoms with van der Waals surface area (Å²) in [6.07, 6.45) is 8.00. The Morgan fingerprint density at radius 3 is 1.35 bits per heavy atom. The summed E-state index contributed by atoms with van der Waals surface area (Å²) in [7, 11) is 0. The van der Waals surface area contributed by atoms with Crippen LogP contribution in [0.25, 0.3) is 33.4 Å². The van der Waals surface area contributed by atoms with E-state index in [-0.39, 0.29) is 6.71 Å². The largest absolute Gasteiger partial charge is 0.301 e. The number of nitrogens with zero attached hydrogens (tertiary/aromatic N) is 4. The number of hydrogen-bond donors (Lipinski definition) is 0. The lowest BCUT2D eigenvalue weighted by molar-refractivity contribution is 1.06. The Morgan fingerprint density at radius 2 is 0.930 bits per heavy atom. The molecule has 0 unspecified atom stereocenters. The average Bonchev–Trinajstić information content (AvgIpc) is 3.60. The highest BCUT2D eigenvalue weighted by Crippen LogP contribution is 2.24. The van der Waals surface area contributed by atoms with Gasteiger partial charge in [-0.05, 0) is 96.1 Å². The first-order chi connectivity index (χ1) is 20.8. The fourth-order valence-electron chi connectivity index (χ4n) is 7.18. The summed E-state index contributed by atoms with van der Waals surface area (Å²) in [4.78, 5) is 9.54. The van der Waals surface area contributed by atoms with Crippen LogP contribution in [0.4, 0.5) is 0 Å². The molecule has 7 rings (SSSR count). The van der Waals surface area contributed by atoms with Crippen LogP contribution in [-0.2, 0) is 0 Å². The van der Waals surface area contributed by atoms with Crippen LogP contribution in [0.3, 0.4) is 0 Å². The predicted octanol–water partition coefficient (Wildman–Crippen LogP) is 6.73. The summed E-state index contributed by atoms with van der Waals surface area (Å²) in [6, 6.07) is 28.8. The number of benzene rings is 3. The highest BCUT2D eigenvalue weighted by atomic mass is 15.1. The summed E-state index contributed by atoms with van der Waals surface area (Å²) < 4.78 is 4.42. The van der Waals surface area contributed by atoms with E-state index >= 15 is 0 Å². The van der Waals surface area contributed by atoms with Crippen molar-refractivity contribution in [1.82, 2.24) is 19.1 Å². The summed E-state index contributed by atoms with van der Waals surface area (Å²) in [5, 5.41) is 2.24. The van der Waals surface area contributed by atoms with E-state index in [4.69, 9.17) is 9.97 Å². The topological polar surface area (TPSA) is 35.6 Å². The van der Waals surface area contributed by atoms with E-state index in [9.17, 15) is 0 Å². The molecule has 0 bridgehead atoms. The molecule has 3 aromatic carbocycles. The normalized spacial score (nSPS) is 11.5. The van der Waals surface area contributed by atoms with E-state index in [1.165, 1.54) is 49.8 Å². The maximum absolute atomic E-state index is 4.77. The Labute approximate surface area is 253 Å². The van der Waals surface area contributed by atoms with Crippen molar-refractivity contribution < 1.29 is 0 Å². The summed E-state index contributed by atoms with van der Waals surface area (Å²) in [5.41, 5.74) is 15.9. The highest BCUT2D eigenvalue weighted by molar-refractivity contribution is 6.96. The number of aryl methyl sites for hydroxylation is 6. The van der Waals surface area contributed by atoms with Crippen molar-refractivity contribution in [3.8, 4) is 11.4 Å². The molecule has 0 saturated heterocycles. The summed E-state index contributed by atoms with van der Waals surface area (Å²) >= 11 is 0. The Bertz CT molecular complexity index is 1970. The van der Waals surface area contributed by atoms with Crippen LogP contribution in [0.5, 0.6) is 0 Å². The van der Waals surface area contributed by atoms with E-state index in [1.54, 1.807) is 0 Å². The maximum atomic E-state index is 4.77. The quantitative estimate of drug-likeness (QED) is 0.220. The SMILES string of the molecule is Cc1cc(C)c(B(c2cc(-n3ccc4cccnc43)cc(-n3ccc4cccnc43)c2)c2c(C)cc(C)cc2C)c(C)c1. The van der Waals surface area contributed by atoms with E-state index in [0.717, 1.165) is 33.4 Å². The van der Waals surface area contributed by atoms with Crippen molar-refractivity contribution in [1.29, 1.82) is 0 Å². The Morgan fingerprint density at radius 1 is 0.512 bits per heavy atom. The zero-order chi connectivity index (χ0) is 29.8. The molecule has 0 fully saturated rings. The third kappa shape index (κ3) is 4.66. The smallest absolute Gasteiger partial charge is 0.242 e. The first kappa shape index (κ1) is 27.0. The fourth-order valence-corrected chi connectivity index (χ4v) is 7.18. The monoisotopic (exact) mass is 558 g/mol. The van der Waals surface area contributed by atoms with E-state index < -0.39 is 0 Å². The molecule has 0 aliphatic rings. The predicted molar refractivity (Wildman–Crippen MR) is 182 cm³/mol. The molecule has 0 saturated carbocycles. The van der Waals surface area contributed by atoms with Crippen molar-refractivity contribution in [3.05, 3.63) is 137 Å². The van der Waals surface area contributed by atoms with Crippen molar-refractivity contribution in [3.63, 3.8) is 0 Å². The molecule has 0 radical (unpaired) electrons. The summed E-state index contributed by atoms with van der Waals surface area (Å²) in [5.74, 6) is 0. The van der Waals surface area contributed by atoms with E-state index in [0.29, 0.717) is 0 Å². The molecular weight excluding hydrogens is 523 g/mol. The van der Waals surface area contributed by atoms with Gasteiger partial charge in [0.05, 0.1) is 0 Å². The maximum Gasteiger partial charge on any atom is 0.242 e. The minimum Gasteiger partial charge on any atom is -0.301 e. The minimum absolute atomic E-state index is 0.0458. The second kappa shape index (κ2) is 10.4. The van der Waals surface area contributed by atoms with Gasteiger partial charge in [-0.1, -0.05) is 74.0 Å². The van der Waals surface area contributed by atoms with E-state index in [2.05, 4.69) is 130 Å². The fraction of sp³-hybridized carbons (Fsp3) is 0.158. The van der Waals surface area contributed by atoms with Crippen LogP contribution in [0.2, 0.25) is 0 Å². The van der Waals surface area contributed by atoms with Gasteiger partial charge in [0.1, 0.15) is 11.3 Å². The van der Waals surface area contributed by atoms with Crippen LogP contribution in [0.15, 0.2) is 104 Å². The van der Waals surface area contributed by atoms with Gasteiger partial charge in [-0.25, -0.2) is 9.97 Å². The standard InChI is InChI=1S/C38H35BN4/c1-24-17-26(3)35(27(4)18-24)39(36-28(5)19-25(2)20-29(36)6)32-21-33(42-15-11-30-9-7-13-40-37(30)42)23-34(22-32)43-16-12-31-10-8-14-41-38(31)43/h7-23H,1-6H3. The molecule has 0 aliphatic heterocycles. The average molecular weight is 559 g/mol. The van der Waals surface area contributed by atoms with Crippen molar-refractivity contribution in [2.45, 2.75) is 41.5 Å². The number of hydrogen-bond acceptors (Lipinski definition) is 2. The van der Waals surface area contributed by atoms with Gasteiger partial charge in [-0.15, -0.1) is 0 Å². The van der Waals surface area contributed by atoms with Gasteiger partial charge in [0, 0.05) is 46.9 Å². The number of pyridine rings is 2. The molecule has 4 nitrogen and oxygen atoms in total. The second-order valence-corrected chi connectivity index (χ2v) is 12.0. The van der Waals surface area contributed by atoms with Crippen molar-refractivity contribution in [2.24, 2.45) is 0 Å². The van der Waals surface area contributed by atoms with E-state index in [1.807, 2.05) is 24.5 Å². The van der Waals surface area contributed by atoms with Crippen molar-refractivity contribution in [2.75, 3.05) is 0 Å². The highest BCUT2D eigenvalue weighted by Gasteiger charge is 2.29. The van der Waals surface area contributed by atoms with Crippen LogP contribution in [0, 0.1) is 41.5 Å². The molecule has 7 aromatic rings. The molecule has 0 spiro atoms. The number of fused-ring (bicyclic) bond motifs is 2. The first-order valence-corrected chi connectivity index (χ1v) is 14.9. The van der Waals surface area contributed by atoms with Gasteiger partial charge in [0.2, 0.25) is 6.71 Å². The molecule has 0 atom stereocenters. The number of rotatable bonds is 5. The van der Waals surface area contributed by atoms with Crippen LogP contribution < -0.4 is 16.4 Å². The van der Waals surface area contributed by atoms with Gasteiger partial charge in [-0.2, -0.15) is 0 Å². The van der Waals surface area contributed by atoms with Crippen molar-refractivity contribution >= 4 is 45.2 Å². The molecule has 5 heteroatoms. The third-order valence-electron chi connectivity index (χ3n) is 8.76. The van der Waals surface area contributed by atoms with Crippen LogP contribution in [0.1, 0.15) is 33.4 Å². The lowest BCUT2D eigenvalue weighted by atomic mass is 9.34. The lowest BCUT2D eigenvalue weighted by Crippen LogP contribution is -2.56. The molecule has 210 valence electrons. The third-order valence-corrected chi connectivity index (χ3v) is 8.76. The van der Waals surface area contributed by atoms with Gasteiger partial charge in [0.25, 0.3) is 0 Å². The van der Waals surface area contributed by atoms with Crippen LogP contribution >= 0.6 is 0 Å². The molecule has 43 heavy (non-hydrogen) atoms. The zero-order valence-corrected chi connectivity index (χ0v) is 25.7. The second-order valence-electron chi connectivity index (χ2n) is 12.0. The zero-order valence-electron chi connectivity index (χ0n) is 25.7. The molecule has 0 aliphatic carbocycles. The van der Waals surface area contributed by atoms with Crippen LogP contribution in [-0.4, -0.2) is 25.8 Å². The van der Waals surface area contributed by atoms with Gasteiger partial charge in [0.15, 0.2) is 0 Å². The Balaban J connectivity index is 1.57. The lowest BCUT2D eigenvalue weighted by Gasteiger charge is -2.26. The molecule has 4 aromatic heterocycles. The van der Waals surface area contributed by atoms with Gasteiger partial charge in [-0.3, -0.25) is 0 Å². The summed E-state index contributed by atoms with van der Waals surface area (Å²) in [6.45, 7) is 13.5. The molecule has 0 amide bonds. The first-order valence-electron chi connectivity index (χ1n) is 14.9. The molecule has 4 heterocycles. The molecular formula is C38H35BN4. The Hall–Kier alpha value is -4.90. The van der Waals surface area contributed by atoms with Gasteiger partial charge >= 0.3 is 0 Å². The van der Waals surface area contributed by atoms with Gasteiger partial charge < -0.3 is 9.13 Å².